The van der Waals surface area contributed by atoms with Crippen molar-refractivity contribution >= 4 is 16.1 Å². The lowest BCUT2D eigenvalue weighted by Gasteiger charge is -2.15. The zero-order chi connectivity index (χ0) is 15.9. The highest BCUT2D eigenvalue weighted by atomic mass is 32.2. The lowest BCUT2D eigenvalue weighted by molar-refractivity contribution is 0.238. The molecule has 1 aromatic carbocycles. The summed E-state index contributed by atoms with van der Waals surface area (Å²) >= 11 is 0. The Morgan fingerprint density at radius 3 is 2.43 bits per heavy atom. The Bertz CT molecular complexity index is 561. The first-order valence-electron chi connectivity index (χ1n) is 6.52. The average Bonchev–Trinajstić information content (AvgIpc) is 2.37. The predicted molar refractivity (Wildman–Crippen MR) is 78.8 cm³/mol. The number of benzene rings is 1. The molecule has 1 aromatic rings. The minimum atomic E-state index is -3.19. The number of halogens is 1. The van der Waals surface area contributed by atoms with E-state index < -0.39 is 10.0 Å². The largest absolute Gasteiger partial charge is 0.338 e. The number of sulfonamides is 1. The molecule has 8 heteroatoms. The van der Waals surface area contributed by atoms with Crippen molar-refractivity contribution in [1.82, 2.24) is 15.4 Å². The van der Waals surface area contributed by atoms with Crippen LogP contribution in [0, 0.1) is 5.82 Å². The SMILES string of the molecule is C[C@H](NC(=O)NCCCNS(C)(=O)=O)c1ccc(F)cc1. The van der Waals surface area contributed by atoms with E-state index in [4.69, 9.17) is 0 Å². The molecule has 0 aliphatic carbocycles. The molecule has 0 saturated heterocycles. The number of nitrogens with one attached hydrogen (secondary N) is 3. The molecule has 0 aliphatic heterocycles. The molecule has 1 rings (SSSR count). The smallest absolute Gasteiger partial charge is 0.315 e. The van der Waals surface area contributed by atoms with Crippen LogP contribution in [0.2, 0.25) is 0 Å². The zero-order valence-corrected chi connectivity index (χ0v) is 12.8. The summed E-state index contributed by atoms with van der Waals surface area (Å²) in [6.45, 7) is 2.41. The van der Waals surface area contributed by atoms with Crippen molar-refractivity contribution in [2.75, 3.05) is 19.3 Å². The van der Waals surface area contributed by atoms with Crippen LogP contribution >= 0.6 is 0 Å². The van der Waals surface area contributed by atoms with Gasteiger partial charge in [0.25, 0.3) is 0 Å². The van der Waals surface area contributed by atoms with Crippen LogP contribution in [-0.2, 0) is 10.0 Å². The van der Waals surface area contributed by atoms with Gasteiger partial charge in [0.2, 0.25) is 10.0 Å². The lowest BCUT2D eigenvalue weighted by atomic mass is 10.1. The summed E-state index contributed by atoms with van der Waals surface area (Å²) in [7, 11) is -3.19. The normalized spacial score (nSPS) is 12.7. The molecule has 3 N–H and O–H groups in total. The zero-order valence-electron chi connectivity index (χ0n) is 12.0. The number of urea groups is 1. The van der Waals surface area contributed by atoms with Gasteiger partial charge in [-0.15, -0.1) is 0 Å². The van der Waals surface area contributed by atoms with Crippen molar-refractivity contribution in [1.29, 1.82) is 0 Å². The van der Waals surface area contributed by atoms with Crippen molar-refractivity contribution in [2.24, 2.45) is 0 Å². The highest BCUT2D eigenvalue weighted by molar-refractivity contribution is 7.88. The van der Waals surface area contributed by atoms with E-state index >= 15 is 0 Å². The molecule has 21 heavy (non-hydrogen) atoms. The Hall–Kier alpha value is -1.67. The van der Waals surface area contributed by atoms with Gasteiger partial charge in [-0.2, -0.15) is 0 Å². The third kappa shape index (κ3) is 7.62. The van der Waals surface area contributed by atoms with Gasteiger partial charge in [-0.3, -0.25) is 0 Å². The molecule has 0 unspecified atom stereocenters. The topological polar surface area (TPSA) is 87.3 Å². The molecule has 118 valence electrons. The molecule has 6 nitrogen and oxygen atoms in total. The Morgan fingerprint density at radius 2 is 1.86 bits per heavy atom. The van der Waals surface area contributed by atoms with Gasteiger partial charge in [0.05, 0.1) is 12.3 Å². The van der Waals surface area contributed by atoms with Gasteiger partial charge in [0.1, 0.15) is 5.82 Å². The first-order chi connectivity index (χ1) is 9.78. The summed E-state index contributed by atoms with van der Waals surface area (Å²) in [5, 5.41) is 5.33. The van der Waals surface area contributed by atoms with E-state index in [9.17, 15) is 17.6 Å². The molecule has 0 fully saturated rings. The third-order valence-electron chi connectivity index (χ3n) is 2.72. The lowest BCUT2D eigenvalue weighted by Crippen LogP contribution is -2.38. The number of rotatable bonds is 7. The van der Waals surface area contributed by atoms with Crippen molar-refractivity contribution in [3.05, 3.63) is 35.6 Å². The molecular weight excluding hydrogens is 297 g/mol. The van der Waals surface area contributed by atoms with Crippen molar-refractivity contribution in [3.63, 3.8) is 0 Å². The summed E-state index contributed by atoms with van der Waals surface area (Å²) in [4.78, 5) is 11.6. The van der Waals surface area contributed by atoms with Crippen molar-refractivity contribution in [3.8, 4) is 0 Å². The predicted octanol–water partition coefficient (Wildman–Crippen LogP) is 1.13. The minimum Gasteiger partial charge on any atom is -0.338 e. The highest BCUT2D eigenvalue weighted by Crippen LogP contribution is 2.12. The standard InChI is InChI=1S/C13H20FN3O3S/c1-10(11-4-6-12(14)7-5-11)17-13(18)15-8-3-9-16-21(2,19)20/h4-7,10,16H,3,8-9H2,1-2H3,(H2,15,17,18)/t10-/m0/s1. The molecule has 1 atom stereocenters. The van der Waals surface area contributed by atoms with Crippen LogP contribution in [0.15, 0.2) is 24.3 Å². The average molecular weight is 317 g/mol. The Morgan fingerprint density at radius 1 is 1.24 bits per heavy atom. The maximum Gasteiger partial charge on any atom is 0.315 e. The fourth-order valence-electron chi connectivity index (χ4n) is 1.63. The third-order valence-corrected chi connectivity index (χ3v) is 3.45. The number of hydrogen-bond donors (Lipinski definition) is 3. The fourth-order valence-corrected chi connectivity index (χ4v) is 2.15. The van der Waals surface area contributed by atoms with Crippen LogP contribution in [0.1, 0.15) is 24.9 Å². The Balaban J connectivity index is 2.25. The summed E-state index contributed by atoms with van der Waals surface area (Å²) in [5.74, 6) is -0.325. The van der Waals surface area contributed by atoms with E-state index in [0.717, 1.165) is 11.8 Å². The van der Waals surface area contributed by atoms with E-state index in [0.29, 0.717) is 13.0 Å². The van der Waals surface area contributed by atoms with E-state index in [-0.39, 0.29) is 24.4 Å². The van der Waals surface area contributed by atoms with Gasteiger partial charge in [-0.1, -0.05) is 12.1 Å². The number of carbonyl (C=O) groups is 1. The first kappa shape index (κ1) is 17.4. The monoisotopic (exact) mass is 317 g/mol. The minimum absolute atomic E-state index is 0.250. The van der Waals surface area contributed by atoms with Gasteiger partial charge >= 0.3 is 6.03 Å². The summed E-state index contributed by atoms with van der Waals surface area (Å²) in [5.41, 5.74) is 0.797. The second kappa shape index (κ2) is 7.94. The molecule has 2 amide bonds. The van der Waals surface area contributed by atoms with E-state index in [1.54, 1.807) is 19.1 Å². The second-order valence-corrected chi connectivity index (χ2v) is 6.53. The summed E-state index contributed by atoms with van der Waals surface area (Å²) in [6.07, 6.45) is 1.57. The van der Waals surface area contributed by atoms with Crippen molar-refractivity contribution < 1.29 is 17.6 Å². The quantitative estimate of drug-likeness (QED) is 0.659. The van der Waals surface area contributed by atoms with Crippen LogP contribution in [0.4, 0.5) is 9.18 Å². The van der Waals surface area contributed by atoms with Crippen LogP contribution < -0.4 is 15.4 Å². The van der Waals surface area contributed by atoms with Crippen molar-refractivity contribution in [2.45, 2.75) is 19.4 Å². The molecule has 0 aliphatic rings. The molecular formula is C13H20FN3O3S. The van der Waals surface area contributed by atoms with Gasteiger partial charge < -0.3 is 10.6 Å². The first-order valence-corrected chi connectivity index (χ1v) is 8.41. The van der Waals surface area contributed by atoms with E-state index in [1.165, 1.54) is 12.1 Å². The maximum atomic E-state index is 12.8. The molecule has 0 saturated carbocycles. The van der Waals surface area contributed by atoms with Gasteiger partial charge in [0.15, 0.2) is 0 Å². The van der Waals surface area contributed by atoms with E-state index in [2.05, 4.69) is 15.4 Å². The number of carbonyl (C=O) groups excluding carboxylic acids is 1. The summed E-state index contributed by atoms with van der Waals surface area (Å²) in [6, 6.07) is 5.28. The second-order valence-electron chi connectivity index (χ2n) is 4.69. The van der Waals surface area contributed by atoms with Gasteiger partial charge in [0, 0.05) is 13.1 Å². The number of amides is 2. The highest BCUT2D eigenvalue weighted by Gasteiger charge is 2.09. The van der Waals surface area contributed by atoms with Crippen LogP contribution in [0.3, 0.4) is 0 Å². The Kier molecular flexibility index (Phi) is 6.57. The Labute approximate surface area is 124 Å². The van der Waals surface area contributed by atoms with Gasteiger partial charge in [-0.05, 0) is 31.0 Å². The van der Waals surface area contributed by atoms with E-state index in [1.807, 2.05) is 0 Å². The molecule has 0 heterocycles. The van der Waals surface area contributed by atoms with Crippen LogP contribution in [0.5, 0.6) is 0 Å². The molecule has 0 spiro atoms. The van der Waals surface area contributed by atoms with Gasteiger partial charge in [-0.25, -0.2) is 22.3 Å². The van der Waals surface area contributed by atoms with Crippen LogP contribution in [0.25, 0.3) is 0 Å². The molecule has 0 aromatic heterocycles. The maximum absolute atomic E-state index is 12.8. The van der Waals surface area contributed by atoms with Crippen LogP contribution in [-0.4, -0.2) is 33.8 Å². The molecule has 0 radical (unpaired) electrons. The molecule has 0 bridgehead atoms. The summed E-state index contributed by atoms with van der Waals surface area (Å²) < 4.78 is 36.8. The number of hydrogen-bond acceptors (Lipinski definition) is 3. The fraction of sp³-hybridized carbons (Fsp3) is 0.462.